The van der Waals surface area contributed by atoms with Crippen LogP contribution in [0.25, 0.3) is 4.96 Å². The first-order valence-corrected chi connectivity index (χ1v) is 9.46. The van der Waals surface area contributed by atoms with Crippen LogP contribution >= 0.6 is 22.9 Å². The number of imidazole rings is 1. The van der Waals surface area contributed by atoms with E-state index in [9.17, 15) is 34.8 Å². The zero-order valence-corrected chi connectivity index (χ0v) is 14.9. The van der Waals surface area contributed by atoms with Gasteiger partial charge in [-0.15, -0.1) is 11.3 Å². The third-order valence-electron chi connectivity index (χ3n) is 3.27. The van der Waals surface area contributed by atoms with E-state index in [0.29, 0.717) is 0 Å². The number of benzene rings is 1. The molecule has 0 saturated heterocycles. The minimum atomic E-state index is -5.11. The Hall–Kier alpha value is -1.99. The summed E-state index contributed by atoms with van der Waals surface area (Å²) < 4.78 is 105. The summed E-state index contributed by atoms with van der Waals surface area (Å²) in [6.07, 6.45) is -8.94. The Morgan fingerprint density at radius 2 is 1.59 bits per heavy atom. The fraction of sp³-hybridized carbons (Fsp3) is 0.154. The third kappa shape index (κ3) is 3.84. The Morgan fingerprint density at radius 3 is 2.11 bits per heavy atom. The Balaban J connectivity index is 2.11. The normalized spacial score (nSPS) is 13.3. The molecule has 0 saturated carbocycles. The van der Waals surface area contributed by atoms with E-state index in [0.717, 1.165) is 15.7 Å². The van der Waals surface area contributed by atoms with Crippen LogP contribution in [0.15, 0.2) is 34.8 Å². The van der Waals surface area contributed by atoms with Crippen LogP contribution in [0.3, 0.4) is 0 Å². The zero-order valence-electron chi connectivity index (χ0n) is 12.6. The molecule has 0 amide bonds. The van der Waals surface area contributed by atoms with E-state index in [2.05, 4.69) is 4.98 Å². The lowest BCUT2D eigenvalue weighted by Gasteiger charge is -2.15. The average molecular weight is 450 g/mol. The number of alkyl halides is 6. The summed E-state index contributed by atoms with van der Waals surface area (Å²) in [4.78, 5) is 3.94. The molecule has 0 unspecified atom stereocenters. The molecular formula is C13H6ClF6N3O2S2. The highest BCUT2D eigenvalue weighted by atomic mass is 35.5. The summed E-state index contributed by atoms with van der Waals surface area (Å²) in [6.45, 7) is 0. The first-order valence-electron chi connectivity index (χ1n) is 6.72. The lowest BCUT2D eigenvalue weighted by Crippen LogP contribution is -2.17. The molecule has 1 N–H and O–H groups in total. The van der Waals surface area contributed by atoms with Gasteiger partial charge in [0, 0.05) is 11.6 Å². The molecule has 0 fully saturated rings. The van der Waals surface area contributed by atoms with Gasteiger partial charge in [-0.3, -0.25) is 9.12 Å². The van der Waals surface area contributed by atoms with Gasteiger partial charge in [0.1, 0.15) is 0 Å². The Labute approximate surface area is 156 Å². The molecule has 0 radical (unpaired) electrons. The first-order chi connectivity index (χ1) is 12.3. The second kappa shape index (κ2) is 6.27. The minimum absolute atomic E-state index is 0.110. The van der Waals surface area contributed by atoms with Crippen molar-refractivity contribution in [2.24, 2.45) is 0 Å². The molecule has 0 atom stereocenters. The summed E-state index contributed by atoms with van der Waals surface area (Å²) in [5.41, 5.74) is -4.23. The second-order valence-electron chi connectivity index (χ2n) is 5.16. The molecule has 2 aromatic heterocycles. The quantitative estimate of drug-likeness (QED) is 0.579. The number of nitrogens with zero attached hydrogens (tertiary/aromatic N) is 2. The molecule has 0 aliphatic carbocycles. The van der Waals surface area contributed by atoms with Crippen LogP contribution in [0.5, 0.6) is 0 Å². The Kier molecular flexibility index (Phi) is 4.59. The van der Waals surface area contributed by atoms with Gasteiger partial charge in [0.25, 0.3) is 10.0 Å². The topological polar surface area (TPSA) is 63.5 Å². The van der Waals surface area contributed by atoms with Gasteiger partial charge in [-0.05, 0) is 18.2 Å². The van der Waals surface area contributed by atoms with Crippen molar-refractivity contribution >= 4 is 43.6 Å². The van der Waals surface area contributed by atoms with Gasteiger partial charge < -0.3 is 0 Å². The van der Waals surface area contributed by atoms with Gasteiger partial charge in [-0.2, -0.15) is 34.8 Å². The monoisotopic (exact) mass is 449 g/mol. The molecule has 27 heavy (non-hydrogen) atoms. The van der Waals surface area contributed by atoms with Crippen molar-refractivity contribution in [3.63, 3.8) is 0 Å². The third-order valence-corrected chi connectivity index (χ3v) is 5.81. The van der Waals surface area contributed by atoms with Gasteiger partial charge in [0.15, 0.2) is 15.1 Å². The summed E-state index contributed by atoms with van der Waals surface area (Å²) in [5, 5.41) is 0.396. The summed E-state index contributed by atoms with van der Waals surface area (Å²) in [5.74, 6) is 0. The van der Waals surface area contributed by atoms with E-state index in [1.807, 2.05) is 0 Å². The number of fused-ring (bicyclic) bond motifs is 1. The molecule has 14 heteroatoms. The van der Waals surface area contributed by atoms with Crippen molar-refractivity contribution in [2.75, 3.05) is 4.72 Å². The number of rotatable bonds is 3. The van der Waals surface area contributed by atoms with Gasteiger partial charge >= 0.3 is 12.4 Å². The fourth-order valence-electron chi connectivity index (χ4n) is 2.20. The highest BCUT2D eigenvalue weighted by Crippen LogP contribution is 2.38. The fourth-order valence-corrected chi connectivity index (χ4v) is 4.69. The SMILES string of the molecule is O=S(=O)(Nc1cc(C(F)(F)F)cc(C(F)(F)F)c1)c1c(Cl)nc2sccn12. The van der Waals surface area contributed by atoms with Gasteiger partial charge in [0.2, 0.25) is 0 Å². The van der Waals surface area contributed by atoms with Gasteiger partial charge in [-0.25, -0.2) is 4.98 Å². The van der Waals surface area contributed by atoms with Crippen molar-refractivity contribution in [3.05, 3.63) is 46.1 Å². The van der Waals surface area contributed by atoms with Crippen molar-refractivity contribution in [1.29, 1.82) is 0 Å². The number of anilines is 1. The molecule has 146 valence electrons. The van der Waals surface area contributed by atoms with Crippen molar-refractivity contribution in [1.82, 2.24) is 9.38 Å². The molecule has 0 aliphatic rings. The molecule has 0 spiro atoms. The van der Waals surface area contributed by atoms with Crippen molar-refractivity contribution < 1.29 is 34.8 Å². The van der Waals surface area contributed by atoms with Crippen LogP contribution in [-0.4, -0.2) is 17.8 Å². The summed E-state index contributed by atoms with van der Waals surface area (Å²) in [7, 11) is -4.63. The number of thiazole rings is 1. The van der Waals surface area contributed by atoms with Crippen molar-refractivity contribution in [2.45, 2.75) is 17.4 Å². The van der Waals surface area contributed by atoms with Crippen molar-refractivity contribution in [3.8, 4) is 0 Å². The lowest BCUT2D eigenvalue weighted by molar-refractivity contribution is -0.143. The van der Waals surface area contributed by atoms with Crippen LogP contribution in [-0.2, 0) is 22.4 Å². The van der Waals surface area contributed by atoms with E-state index in [1.165, 1.54) is 11.6 Å². The van der Waals surface area contributed by atoms with Crippen LogP contribution in [0.1, 0.15) is 11.1 Å². The average Bonchev–Trinajstić information content (AvgIpc) is 3.03. The molecule has 3 rings (SSSR count). The predicted molar refractivity (Wildman–Crippen MR) is 85.3 cm³/mol. The van der Waals surface area contributed by atoms with Gasteiger partial charge in [0.05, 0.1) is 16.8 Å². The van der Waals surface area contributed by atoms with Crippen LogP contribution in [0.2, 0.25) is 5.15 Å². The Morgan fingerprint density at radius 1 is 1.04 bits per heavy atom. The van der Waals surface area contributed by atoms with E-state index in [-0.39, 0.29) is 23.2 Å². The maximum atomic E-state index is 12.9. The largest absolute Gasteiger partial charge is 0.416 e. The standard InChI is InChI=1S/C13H6ClF6N3O2S2/c14-9-10(23-1-2-26-11(23)21-9)27(24,25)22-8-4-6(12(15,16)17)3-7(5-8)13(18,19)20/h1-5,22H. The maximum Gasteiger partial charge on any atom is 0.416 e. The van der Waals surface area contributed by atoms with Crippen LogP contribution in [0, 0.1) is 0 Å². The maximum absolute atomic E-state index is 12.9. The highest BCUT2D eigenvalue weighted by Gasteiger charge is 2.37. The van der Waals surface area contributed by atoms with Crippen LogP contribution < -0.4 is 4.72 Å². The first kappa shape index (κ1) is 19.8. The van der Waals surface area contributed by atoms with E-state index in [1.54, 1.807) is 4.72 Å². The highest BCUT2D eigenvalue weighted by molar-refractivity contribution is 7.92. The minimum Gasteiger partial charge on any atom is -0.278 e. The number of hydrogen-bond donors (Lipinski definition) is 1. The number of sulfonamides is 1. The van der Waals surface area contributed by atoms with E-state index < -0.39 is 49.4 Å². The molecule has 0 bridgehead atoms. The summed E-state index contributed by atoms with van der Waals surface area (Å²) in [6, 6.07) is 0.403. The molecular weight excluding hydrogens is 444 g/mol. The molecule has 1 aromatic carbocycles. The van der Waals surface area contributed by atoms with Gasteiger partial charge in [-0.1, -0.05) is 11.6 Å². The Bertz CT molecular complexity index is 1090. The zero-order chi connectivity index (χ0) is 20.2. The number of halogens is 7. The molecule has 5 nitrogen and oxygen atoms in total. The number of aromatic nitrogens is 2. The predicted octanol–water partition coefficient (Wildman–Crippen LogP) is 4.89. The molecule has 0 aliphatic heterocycles. The molecule has 3 aromatic rings. The number of hydrogen-bond acceptors (Lipinski definition) is 4. The lowest BCUT2D eigenvalue weighted by atomic mass is 10.1. The second-order valence-corrected chi connectivity index (χ2v) is 7.99. The summed E-state index contributed by atoms with van der Waals surface area (Å²) >= 11 is 6.80. The number of nitrogens with one attached hydrogen (secondary N) is 1. The molecule has 2 heterocycles. The van der Waals surface area contributed by atoms with E-state index in [4.69, 9.17) is 11.6 Å². The van der Waals surface area contributed by atoms with E-state index >= 15 is 0 Å². The smallest absolute Gasteiger partial charge is 0.278 e. The van der Waals surface area contributed by atoms with Crippen LogP contribution in [0.4, 0.5) is 32.0 Å².